The van der Waals surface area contributed by atoms with E-state index in [-0.39, 0.29) is 17.8 Å². The lowest BCUT2D eigenvalue weighted by atomic mass is 10.6. The van der Waals surface area contributed by atoms with E-state index in [4.69, 9.17) is 0 Å². The van der Waals surface area contributed by atoms with Gasteiger partial charge in [-0.05, 0) is 0 Å². The first-order valence-electron chi connectivity index (χ1n) is 5.07. The van der Waals surface area contributed by atoms with Gasteiger partial charge in [0.25, 0.3) is 5.95 Å². The van der Waals surface area contributed by atoms with E-state index in [1.165, 1.54) is 24.4 Å². The van der Waals surface area contributed by atoms with Crippen LogP contribution in [0.25, 0.3) is 5.95 Å². The molecule has 0 unspecified atom stereocenters. The van der Waals surface area contributed by atoms with Gasteiger partial charge in [-0.1, -0.05) is 0 Å². The number of nitrogens with one attached hydrogen (secondary N) is 2. The van der Waals surface area contributed by atoms with E-state index in [0.29, 0.717) is 0 Å². The summed E-state index contributed by atoms with van der Waals surface area (Å²) in [5.41, 5.74) is 0. The van der Waals surface area contributed by atoms with Crippen molar-refractivity contribution in [2.45, 2.75) is 6.18 Å². The van der Waals surface area contributed by atoms with Crippen LogP contribution < -0.4 is 10.6 Å². The van der Waals surface area contributed by atoms with E-state index in [1.807, 2.05) is 0 Å². The first-order chi connectivity index (χ1) is 8.98. The van der Waals surface area contributed by atoms with Gasteiger partial charge >= 0.3 is 6.18 Å². The Hall–Kier alpha value is -2.46. The van der Waals surface area contributed by atoms with E-state index >= 15 is 0 Å². The van der Waals surface area contributed by atoms with Crippen LogP contribution in [0.3, 0.4) is 0 Å². The lowest BCUT2D eigenvalue weighted by Crippen LogP contribution is -2.23. The summed E-state index contributed by atoms with van der Waals surface area (Å²) in [4.78, 5) is 15.2. The Morgan fingerprint density at radius 1 is 1.21 bits per heavy atom. The number of nitrogens with zero attached hydrogens (tertiary/aromatic N) is 6. The molecule has 0 radical (unpaired) electrons. The summed E-state index contributed by atoms with van der Waals surface area (Å²) in [6.07, 6.45) is -1.78. The summed E-state index contributed by atoms with van der Waals surface area (Å²) in [5, 5.41) is 8.48. The number of hydrogen-bond acceptors (Lipinski definition) is 7. The largest absolute Gasteiger partial charge is 0.405 e. The first kappa shape index (κ1) is 13.0. The maximum atomic E-state index is 12.1. The Morgan fingerprint density at radius 2 is 1.95 bits per heavy atom. The lowest BCUT2D eigenvalue weighted by Gasteiger charge is -2.10. The van der Waals surface area contributed by atoms with Crippen LogP contribution in [0.15, 0.2) is 12.7 Å². The Kier molecular flexibility index (Phi) is 3.44. The van der Waals surface area contributed by atoms with E-state index in [0.717, 1.165) is 0 Å². The zero-order chi connectivity index (χ0) is 13.9. The van der Waals surface area contributed by atoms with E-state index in [1.54, 1.807) is 0 Å². The molecule has 0 bridgehead atoms. The van der Waals surface area contributed by atoms with Crippen molar-refractivity contribution in [3.8, 4) is 5.95 Å². The quantitative estimate of drug-likeness (QED) is 0.836. The van der Waals surface area contributed by atoms with Gasteiger partial charge in [-0.15, -0.1) is 0 Å². The molecule has 0 amide bonds. The Labute approximate surface area is 105 Å². The second-order valence-electron chi connectivity index (χ2n) is 3.34. The van der Waals surface area contributed by atoms with Gasteiger partial charge in [0.05, 0.1) is 0 Å². The molecule has 2 rings (SSSR count). The van der Waals surface area contributed by atoms with Gasteiger partial charge in [-0.2, -0.15) is 37.9 Å². The maximum Gasteiger partial charge on any atom is 0.405 e. The van der Waals surface area contributed by atoms with Crippen LogP contribution in [-0.4, -0.2) is 49.5 Å². The van der Waals surface area contributed by atoms with Crippen LogP contribution in [0.1, 0.15) is 0 Å². The monoisotopic (exact) mass is 274 g/mol. The van der Waals surface area contributed by atoms with Crippen LogP contribution in [0.2, 0.25) is 0 Å². The molecule has 0 aliphatic rings. The van der Waals surface area contributed by atoms with Gasteiger partial charge < -0.3 is 10.6 Å². The van der Waals surface area contributed by atoms with Crippen LogP contribution >= 0.6 is 0 Å². The fraction of sp³-hybridized carbons (Fsp3) is 0.375. The summed E-state index contributed by atoms with van der Waals surface area (Å²) >= 11 is 0. The Bertz CT molecular complexity index is 537. The average Bonchev–Trinajstić information content (AvgIpc) is 2.89. The molecule has 0 aromatic carbocycles. The molecule has 0 aliphatic heterocycles. The highest BCUT2D eigenvalue weighted by atomic mass is 19.4. The highest BCUT2D eigenvalue weighted by Crippen LogP contribution is 2.15. The number of halogens is 3. The number of rotatable bonds is 4. The number of hydrogen-bond donors (Lipinski definition) is 2. The zero-order valence-corrected chi connectivity index (χ0v) is 9.68. The molecule has 0 aliphatic carbocycles. The molecule has 2 heterocycles. The fourth-order valence-electron chi connectivity index (χ4n) is 1.15. The predicted molar refractivity (Wildman–Crippen MR) is 58.8 cm³/mol. The van der Waals surface area contributed by atoms with Gasteiger partial charge in [0, 0.05) is 7.05 Å². The third kappa shape index (κ3) is 3.50. The number of alkyl halides is 3. The van der Waals surface area contributed by atoms with Crippen LogP contribution in [-0.2, 0) is 0 Å². The standard InChI is InChI=1S/C8H9F3N8/c1-12-5-16-6(14-2-8(9,10)11)18-7(17-5)19-4-13-3-15-19/h3-4H,2H2,1H3,(H2,12,14,16,17,18). The molecule has 0 atom stereocenters. The average molecular weight is 274 g/mol. The molecular weight excluding hydrogens is 265 g/mol. The molecule has 11 heteroatoms. The highest BCUT2D eigenvalue weighted by Gasteiger charge is 2.27. The van der Waals surface area contributed by atoms with Crippen molar-refractivity contribution in [2.75, 3.05) is 24.2 Å². The molecule has 102 valence electrons. The molecular formula is C8H9F3N8. The second kappa shape index (κ2) is 5.04. The van der Waals surface area contributed by atoms with Gasteiger partial charge in [-0.25, -0.2) is 4.98 Å². The van der Waals surface area contributed by atoms with Crippen molar-refractivity contribution in [1.82, 2.24) is 29.7 Å². The minimum Gasteiger partial charge on any atom is -0.357 e. The van der Waals surface area contributed by atoms with Crippen LogP contribution in [0.4, 0.5) is 25.1 Å². The van der Waals surface area contributed by atoms with Crippen LogP contribution in [0, 0.1) is 0 Å². The maximum absolute atomic E-state index is 12.1. The first-order valence-corrected chi connectivity index (χ1v) is 5.07. The van der Waals surface area contributed by atoms with Gasteiger partial charge in [-0.3, -0.25) is 0 Å². The lowest BCUT2D eigenvalue weighted by molar-refractivity contribution is -0.115. The van der Waals surface area contributed by atoms with Gasteiger partial charge in [0.2, 0.25) is 11.9 Å². The van der Waals surface area contributed by atoms with Crippen molar-refractivity contribution in [1.29, 1.82) is 0 Å². The molecule has 2 aromatic heterocycles. The summed E-state index contributed by atoms with van der Waals surface area (Å²) < 4.78 is 37.6. The van der Waals surface area contributed by atoms with Crippen molar-refractivity contribution in [2.24, 2.45) is 0 Å². The van der Waals surface area contributed by atoms with E-state index in [9.17, 15) is 13.2 Å². The summed E-state index contributed by atoms with van der Waals surface area (Å²) in [6, 6.07) is 0. The van der Waals surface area contributed by atoms with Crippen molar-refractivity contribution >= 4 is 11.9 Å². The third-order valence-corrected chi connectivity index (χ3v) is 1.92. The summed E-state index contributed by atoms with van der Waals surface area (Å²) in [6.45, 7) is -1.24. The van der Waals surface area contributed by atoms with E-state index in [2.05, 4.69) is 35.7 Å². The second-order valence-corrected chi connectivity index (χ2v) is 3.34. The molecule has 0 saturated carbocycles. The van der Waals surface area contributed by atoms with Gasteiger partial charge in [0.1, 0.15) is 19.2 Å². The number of anilines is 2. The zero-order valence-electron chi connectivity index (χ0n) is 9.68. The predicted octanol–water partition coefficient (Wildman–Crippen LogP) is 0.468. The fourth-order valence-corrected chi connectivity index (χ4v) is 1.15. The smallest absolute Gasteiger partial charge is 0.357 e. The van der Waals surface area contributed by atoms with Crippen molar-refractivity contribution < 1.29 is 13.2 Å². The number of aromatic nitrogens is 6. The SMILES string of the molecule is CNc1nc(NCC(F)(F)F)nc(-n2cncn2)n1. The topological polar surface area (TPSA) is 93.4 Å². The molecule has 2 aromatic rings. The minimum atomic E-state index is -4.36. The molecule has 2 N–H and O–H groups in total. The molecule has 8 nitrogen and oxygen atoms in total. The highest BCUT2D eigenvalue weighted by molar-refractivity contribution is 5.37. The Morgan fingerprint density at radius 3 is 2.53 bits per heavy atom. The van der Waals surface area contributed by atoms with Gasteiger partial charge in [0.15, 0.2) is 0 Å². The molecule has 0 fully saturated rings. The van der Waals surface area contributed by atoms with Crippen molar-refractivity contribution in [3.63, 3.8) is 0 Å². The molecule has 0 spiro atoms. The molecule has 0 saturated heterocycles. The normalized spacial score (nSPS) is 11.4. The summed E-state index contributed by atoms with van der Waals surface area (Å²) in [7, 11) is 1.54. The molecule has 19 heavy (non-hydrogen) atoms. The van der Waals surface area contributed by atoms with Crippen LogP contribution in [0.5, 0.6) is 0 Å². The Balaban J connectivity index is 2.26. The summed E-state index contributed by atoms with van der Waals surface area (Å²) in [5.74, 6) is -0.0335. The van der Waals surface area contributed by atoms with E-state index < -0.39 is 12.7 Å². The minimum absolute atomic E-state index is 0.0570. The third-order valence-electron chi connectivity index (χ3n) is 1.92. The van der Waals surface area contributed by atoms with Crippen molar-refractivity contribution in [3.05, 3.63) is 12.7 Å².